The van der Waals surface area contributed by atoms with Crippen molar-refractivity contribution in [1.29, 1.82) is 0 Å². The van der Waals surface area contributed by atoms with Crippen molar-refractivity contribution < 1.29 is 4.79 Å². The van der Waals surface area contributed by atoms with Gasteiger partial charge in [0.1, 0.15) is 0 Å². The molecular weight excluding hydrogens is 238 g/mol. The third-order valence-corrected chi connectivity index (χ3v) is 3.80. The van der Waals surface area contributed by atoms with Gasteiger partial charge in [-0.2, -0.15) is 0 Å². The zero-order valence-corrected chi connectivity index (χ0v) is 11.8. The number of urea groups is 1. The lowest BCUT2D eigenvalue weighted by molar-refractivity contribution is 0.244. The number of nitrogens with two attached hydrogens (primary N) is 1. The van der Waals surface area contributed by atoms with Crippen LogP contribution in [0.25, 0.3) is 0 Å². The molecule has 19 heavy (non-hydrogen) atoms. The maximum atomic E-state index is 12.0. The summed E-state index contributed by atoms with van der Waals surface area (Å²) in [6.07, 6.45) is 5.90. The van der Waals surface area contributed by atoms with Crippen LogP contribution in [0.5, 0.6) is 0 Å². The monoisotopic (exact) mass is 261 g/mol. The molecule has 0 spiro atoms. The van der Waals surface area contributed by atoms with E-state index in [1.165, 1.54) is 19.3 Å². The summed E-state index contributed by atoms with van der Waals surface area (Å²) in [4.78, 5) is 12.0. The molecule has 104 valence electrons. The minimum absolute atomic E-state index is 0.112. The number of carbonyl (C=O) groups excluding carboxylic acids is 1. The Morgan fingerprint density at radius 2 is 1.84 bits per heavy atom. The van der Waals surface area contributed by atoms with E-state index in [2.05, 4.69) is 10.6 Å². The number of rotatable bonds is 2. The first-order chi connectivity index (χ1) is 9.06. The van der Waals surface area contributed by atoms with Crippen LogP contribution in [0, 0.1) is 13.8 Å². The van der Waals surface area contributed by atoms with Crippen molar-refractivity contribution in [2.75, 3.05) is 11.1 Å². The van der Waals surface area contributed by atoms with Crippen LogP contribution >= 0.6 is 0 Å². The highest BCUT2D eigenvalue weighted by molar-refractivity contribution is 5.90. The number of amides is 2. The summed E-state index contributed by atoms with van der Waals surface area (Å²) in [6, 6.07) is 4.03. The Morgan fingerprint density at radius 3 is 2.53 bits per heavy atom. The molecular formula is C15H23N3O. The molecule has 2 rings (SSSR count). The van der Waals surface area contributed by atoms with E-state index in [0.717, 1.165) is 35.3 Å². The highest BCUT2D eigenvalue weighted by atomic mass is 16.2. The lowest BCUT2D eigenvalue weighted by atomic mass is 9.96. The Hall–Kier alpha value is -1.71. The van der Waals surface area contributed by atoms with Gasteiger partial charge in [-0.25, -0.2) is 4.79 Å². The average molecular weight is 261 g/mol. The van der Waals surface area contributed by atoms with E-state index in [1.807, 2.05) is 26.0 Å². The summed E-state index contributed by atoms with van der Waals surface area (Å²) in [7, 11) is 0. The molecule has 1 saturated carbocycles. The van der Waals surface area contributed by atoms with Crippen molar-refractivity contribution in [2.45, 2.75) is 52.0 Å². The van der Waals surface area contributed by atoms with Crippen molar-refractivity contribution in [3.8, 4) is 0 Å². The molecule has 1 aromatic carbocycles. The lowest BCUT2D eigenvalue weighted by Crippen LogP contribution is -2.39. The van der Waals surface area contributed by atoms with E-state index in [1.54, 1.807) is 0 Å². The second-order valence-electron chi connectivity index (χ2n) is 5.46. The van der Waals surface area contributed by atoms with Crippen molar-refractivity contribution in [3.63, 3.8) is 0 Å². The van der Waals surface area contributed by atoms with E-state index in [9.17, 15) is 4.79 Å². The van der Waals surface area contributed by atoms with Crippen LogP contribution < -0.4 is 16.4 Å². The van der Waals surface area contributed by atoms with Crippen molar-refractivity contribution >= 4 is 17.4 Å². The van der Waals surface area contributed by atoms with Crippen LogP contribution in [0.15, 0.2) is 12.1 Å². The molecule has 1 aliphatic rings. The average Bonchev–Trinajstić information content (AvgIpc) is 2.37. The van der Waals surface area contributed by atoms with Crippen LogP contribution in [0.1, 0.15) is 43.2 Å². The van der Waals surface area contributed by atoms with E-state index >= 15 is 0 Å². The molecule has 1 fully saturated rings. The summed E-state index contributed by atoms with van der Waals surface area (Å²) in [5.74, 6) is 0. The summed E-state index contributed by atoms with van der Waals surface area (Å²) in [5.41, 5.74) is 9.41. The number of hydrogen-bond acceptors (Lipinski definition) is 2. The Labute approximate surface area is 114 Å². The molecule has 0 heterocycles. The number of hydrogen-bond donors (Lipinski definition) is 3. The van der Waals surface area contributed by atoms with Crippen molar-refractivity contribution in [1.82, 2.24) is 5.32 Å². The molecule has 1 aliphatic carbocycles. The van der Waals surface area contributed by atoms with Gasteiger partial charge < -0.3 is 16.4 Å². The topological polar surface area (TPSA) is 67.2 Å². The van der Waals surface area contributed by atoms with Gasteiger partial charge in [-0.05, 0) is 49.9 Å². The summed E-state index contributed by atoms with van der Waals surface area (Å²) < 4.78 is 0. The maximum Gasteiger partial charge on any atom is 0.319 e. The fourth-order valence-corrected chi connectivity index (χ4v) is 2.56. The Kier molecular flexibility index (Phi) is 4.30. The molecule has 0 aromatic heterocycles. The largest absolute Gasteiger partial charge is 0.399 e. The second kappa shape index (κ2) is 5.95. The third kappa shape index (κ3) is 3.63. The van der Waals surface area contributed by atoms with Gasteiger partial charge in [-0.15, -0.1) is 0 Å². The Balaban J connectivity index is 1.96. The maximum absolute atomic E-state index is 12.0. The quantitative estimate of drug-likeness (QED) is 0.715. The minimum atomic E-state index is -0.112. The van der Waals surface area contributed by atoms with E-state index in [-0.39, 0.29) is 6.03 Å². The number of anilines is 2. The smallest absolute Gasteiger partial charge is 0.319 e. The van der Waals surface area contributed by atoms with Gasteiger partial charge in [0.25, 0.3) is 0 Å². The first kappa shape index (κ1) is 13.7. The van der Waals surface area contributed by atoms with Crippen LogP contribution in [0.4, 0.5) is 16.2 Å². The van der Waals surface area contributed by atoms with Gasteiger partial charge in [-0.3, -0.25) is 0 Å². The Bertz CT molecular complexity index is 465. The number of benzene rings is 1. The zero-order valence-electron chi connectivity index (χ0n) is 11.8. The second-order valence-corrected chi connectivity index (χ2v) is 5.46. The summed E-state index contributed by atoms with van der Waals surface area (Å²) in [5, 5.41) is 5.97. The van der Waals surface area contributed by atoms with Crippen LogP contribution in [0.2, 0.25) is 0 Å². The minimum Gasteiger partial charge on any atom is -0.399 e. The first-order valence-electron chi connectivity index (χ1n) is 7.00. The van der Waals surface area contributed by atoms with Gasteiger partial charge in [0, 0.05) is 17.4 Å². The molecule has 2 amide bonds. The van der Waals surface area contributed by atoms with Gasteiger partial charge in [-0.1, -0.05) is 19.3 Å². The predicted octanol–water partition coefficient (Wildman–Crippen LogP) is 3.34. The predicted molar refractivity (Wildman–Crippen MR) is 79.4 cm³/mol. The molecule has 0 atom stereocenters. The number of aryl methyl sites for hydroxylation is 2. The lowest BCUT2D eigenvalue weighted by Gasteiger charge is -2.23. The van der Waals surface area contributed by atoms with Gasteiger partial charge in [0.2, 0.25) is 0 Å². The molecule has 4 heteroatoms. The first-order valence-corrected chi connectivity index (χ1v) is 7.00. The normalized spacial score (nSPS) is 16.1. The molecule has 0 bridgehead atoms. The highest BCUT2D eigenvalue weighted by Gasteiger charge is 2.16. The SMILES string of the molecule is Cc1cc(NC(=O)NC2CCCCC2)c(C)cc1N. The molecule has 0 aliphatic heterocycles. The molecule has 4 N–H and O–H groups in total. The fourth-order valence-electron chi connectivity index (χ4n) is 2.56. The number of nitrogen functional groups attached to an aromatic ring is 1. The third-order valence-electron chi connectivity index (χ3n) is 3.80. The Morgan fingerprint density at radius 1 is 1.16 bits per heavy atom. The fraction of sp³-hybridized carbons (Fsp3) is 0.533. The molecule has 0 saturated heterocycles. The van der Waals surface area contributed by atoms with E-state index < -0.39 is 0 Å². The molecule has 4 nitrogen and oxygen atoms in total. The van der Waals surface area contributed by atoms with Crippen LogP contribution in [0.3, 0.4) is 0 Å². The summed E-state index contributed by atoms with van der Waals surface area (Å²) >= 11 is 0. The molecule has 0 radical (unpaired) electrons. The van der Waals surface area contributed by atoms with Crippen LogP contribution in [-0.2, 0) is 0 Å². The summed E-state index contributed by atoms with van der Waals surface area (Å²) in [6.45, 7) is 3.89. The highest BCUT2D eigenvalue weighted by Crippen LogP contribution is 2.22. The van der Waals surface area contributed by atoms with Gasteiger partial charge >= 0.3 is 6.03 Å². The zero-order chi connectivity index (χ0) is 13.8. The van der Waals surface area contributed by atoms with E-state index in [0.29, 0.717) is 6.04 Å². The van der Waals surface area contributed by atoms with Gasteiger partial charge in [0.05, 0.1) is 0 Å². The van der Waals surface area contributed by atoms with Gasteiger partial charge in [0.15, 0.2) is 0 Å². The number of nitrogens with one attached hydrogen (secondary N) is 2. The van der Waals surface area contributed by atoms with Crippen molar-refractivity contribution in [3.05, 3.63) is 23.3 Å². The number of carbonyl (C=O) groups is 1. The molecule has 1 aromatic rings. The van der Waals surface area contributed by atoms with Crippen molar-refractivity contribution in [2.24, 2.45) is 0 Å². The molecule has 0 unspecified atom stereocenters. The van der Waals surface area contributed by atoms with E-state index in [4.69, 9.17) is 5.73 Å². The standard InChI is InChI=1S/C15H23N3O/c1-10-9-14(11(2)8-13(10)16)18-15(19)17-12-6-4-3-5-7-12/h8-9,12H,3-7,16H2,1-2H3,(H2,17,18,19). The van der Waals surface area contributed by atoms with Crippen LogP contribution in [-0.4, -0.2) is 12.1 Å².